The van der Waals surface area contributed by atoms with Crippen molar-refractivity contribution in [2.45, 2.75) is 13.8 Å². The molecule has 6 nitrogen and oxygen atoms in total. The highest BCUT2D eigenvalue weighted by Gasteiger charge is 2.19. The lowest BCUT2D eigenvalue weighted by molar-refractivity contribution is 0.340. The van der Waals surface area contributed by atoms with Crippen molar-refractivity contribution in [1.29, 1.82) is 0 Å². The Morgan fingerprint density at radius 1 is 0.897 bits per heavy atom. The molecular formula is C23H27N5O. The molecule has 4 rings (SSSR count). The fourth-order valence-electron chi connectivity index (χ4n) is 3.53. The summed E-state index contributed by atoms with van der Waals surface area (Å²) in [6.45, 7) is 8.49. The predicted octanol–water partition coefficient (Wildman–Crippen LogP) is 4.25. The molecule has 0 unspecified atom stereocenters. The van der Waals surface area contributed by atoms with E-state index in [0.717, 1.165) is 49.1 Å². The smallest absolute Gasteiger partial charge is 0.229 e. The Balaban J connectivity index is 1.43. The Kier molecular flexibility index (Phi) is 5.79. The highest BCUT2D eigenvalue weighted by atomic mass is 16.5. The fraction of sp³-hybridized carbons (Fsp3) is 0.304. The van der Waals surface area contributed by atoms with Crippen LogP contribution in [0.1, 0.15) is 12.6 Å². The topological polar surface area (TPSA) is 53.5 Å². The number of ether oxygens (including phenoxy) is 1. The summed E-state index contributed by atoms with van der Waals surface area (Å²) in [5.41, 5.74) is 3.18. The average molecular weight is 390 g/mol. The van der Waals surface area contributed by atoms with E-state index in [1.54, 1.807) is 0 Å². The van der Waals surface area contributed by atoms with Gasteiger partial charge in [-0.3, -0.25) is 0 Å². The maximum Gasteiger partial charge on any atom is 0.229 e. The Hall–Kier alpha value is -3.28. The average Bonchev–Trinajstić information content (AvgIpc) is 2.76. The number of aromatic nitrogens is 2. The summed E-state index contributed by atoms with van der Waals surface area (Å²) in [4.78, 5) is 14.1. The molecule has 0 radical (unpaired) electrons. The zero-order valence-corrected chi connectivity index (χ0v) is 17.0. The van der Waals surface area contributed by atoms with E-state index in [9.17, 15) is 0 Å². The first-order valence-electron chi connectivity index (χ1n) is 10.1. The molecule has 2 aromatic carbocycles. The molecule has 0 atom stereocenters. The van der Waals surface area contributed by atoms with Crippen LogP contribution in [-0.2, 0) is 0 Å². The van der Waals surface area contributed by atoms with Gasteiger partial charge in [-0.05, 0) is 50.2 Å². The number of aryl methyl sites for hydroxylation is 1. The van der Waals surface area contributed by atoms with Crippen LogP contribution in [-0.4, -0.2) is 42.8 Å². The molecule has 0 aliphatic carbocycles. The molecule has 0 amide bonds. The third kappa shape index (κ3) is 4.77. The minimum absolute atomic E-state index is 0.620. The molecule has 0 spiro atoms. The molecule has 150 valence electrons. The van der Waals surface area contributed by atoms with Crippen LogP contribution >= 0.6 is 0 Å². The van der Waals surface area contributed by atoms with Gasteiger partial charge in [0.25, 0.3) is 0 Å². The minimum atomic E-state index is 0.620. The van der Waals surface area contributed by atoms with Gasteiger partial charge in [0.2, 0.25) is 5.95 Å². The van der Waals surface area contributed by atoms with Crippen LogP contribution in [0.3, 0.4) is 0 Å². The summed E-state index contributed by atoms with van der Waals surface area (Å²) in [5.74, 6) is 2.45. The number of piperazine rings is 1. The maximum atomic E-state index is 5.50. The van der Waals surface area contributed by atoms with E-state index >= 15 is 0 Å². The molecule has 1 aliphatic heterocycles. The lowest BCUT2D eigenvalue weighted by atomic mass is 10.2. The SMILES string of the molecule is CCOc1ccc(Nc2nc(C)cc(N3CCN(c4ccccc4)CC3)n2)cc1. The van der Waals surface area contributed by atoms with Crippen molar-refractivity contribution in [3.63, 3.8) is 0 Å². The number of anilines is 4. The van der Waals surface area contributed by atoms with Gasteiger partial charge >= 0.3 is 0 Å². The van der Waals surface area contributed by atoms with Gasteiger partial charge in [-0.2, -0.15) is 4.98 Å². The molecule has 6 heteroatoms. The Morgan fingerprint density at radius 3 is 2.28 bits per heavy atom. The summed E-state index contributed by atoms with van der Waals surface area (Å²) in [5, 5.41) is 3.31. The van der Waals surface area contributed by atoms with Crippen molar-refractivity contribution >= 4 is 23.1 Å². The molecule has 1 N–H and O–H groups in total. The number of nitrogens with zero attached hydrogens (tertiary/aromatic N) is 4. The lowest BCUT2D eigenvalue weighted by Crippen LogP contribution is -2.46. The van der Waals surface area contributed by atoms with Gasteiger partial charge in [0.15, 0.2) is 0 Å². The highest BCUT2D eigenvalue weighted by Crippen LogP contribution is 2.23. The van der Waals surface area contributed by atoms with Crippen molar-refractivity contribution in [1.82, 2.24) is 9.97 Å². The van der Waals surface area contributed by atoms with Gasteiger partial charge in [-0.15, -0.1) is 0 Å². The van der Waals surface area contributed by atoms with Crippen molar-refractivity contribution in [3.8, 4) is 5.75 Å². The van der Waals surface area contributed by atoms with Crippen LogP contribution in [0.15, 0.2) is 60.7 Å². The minimum Gasteiger partial charge on any atom is -0.494 e. The molecule has 0 saturated carbocycles. The predicted molar refractivity (Wildman–Crippen MR) is 119 cm³/mol. The molecule has 1 saturated heterocycles. The number of rotatable bonds is 6. The molecular weight excluding hydrogens is 362 g/mol. The Morgan fingerprint density at radius 2 is 1.59 bits per heavy atom. The lowest BCUT2D eigenvalue weighted by Gasteiger charge is -2.36. The van der Waals surface area contributed by atoms with Crippen LogP contribution in [0.25, 0.3) is 0 Å². The van der Waals surface area contributed by atoms with Crippen molar-refractivity contribution in [2.75, 3.05) is 47.9 Å². The fourth-order valence-corrected chi connectivity index (χ4v) is 3.53. The monoisotopic (exact) mass is 389 g/mol. The van der Waals surface area contributed by atoms with Gasteiger partial charge in [-0.1, -0.05) is 18.2 Å². The number of hydrogen-bond donors (Lipinski definition) is 1. The molecule has 1 aromatic heterocycles. The molecule has 0 bridgehead atoms. The van der Waals surface area contributed by atoms with Crippen LogP contribution in [0, 0.1) is 6.92 Å². The van der Waals surface area contributed by atoms with Crippen LogP contribution in [0.4, 0.5) is 23.1 Å². The highest BCUT2D eigenvalue weighted by molar-refractivity contribution is 5.57. The van der Waals surface area contributed by atoms with Crippen LogP contribution < -0.4 is 19.9 Å². The zero-order valence-electron chi connectivity index (χ0n) is 17.0. The van der Waals surface area contributed by atoms with Gasteiger partial charge in [0.1, 0.15) is 11.6 Å². The molecule has 3 aromatic rings. The maximum absolute atomic E-state index is 5.50. The summed E-state index contributed by atoms with van der Waals surface area (Å²) in [6.07, 6.45) is 0. The number of benzene rings is 2. The first-order chi connectivity index (χ1) is 14.2. The number of para-hydroxylation sites is 1. The van der Waals surface area contributed by atoms with E-state index in [-0.39, 0.29) is 0 Å². The van der Waals surface area contributed by atoms with E-state index < -0.39 is 0 Å². The molecule has 2 heterocycles. The van der Waals surface area contributed by atoms with Gasteiger partial charge in [0.05, 0.1) is 6.61 Å². The first kappa shape index (κ1) is 19.1. The van der Waals surface area contributed by atoms with E-state index in [1.807, 2.05) is 38.1 Å². The standard InChI is InChI=1S/C23H27N5O/c1-3-29-21-11-9-19(10-12-21)25-23-24-18(2)17-22(26-23)28-15-13-27(14-16-28)20-7-5-4-6-8-20/h4-12,17H,3,13-16H2,1-2H3,(H,24,25,26). The zero-order chi connectivity index (χ0) is 20.1. The van der Waals surface area contributed by atoms with Gasteiger partial charge in [0, 0.05) is 49.3 Å². The number of nitrogens with one attached hydrogen (secondary N) is 1. The molecule has 1 fully saturated rings. The quantitative estimate of drug-likeness (QED) is 0.680. The van der Waals surface area contributed by atoms with E-state index in [4.69, 9.17) is 9.72 Å². The van der Waals surface area contributed by atoms with Crippen molar-refractivity contribution < 1.29 is 4.74 Å². The third-order valence-corrected chi connectivity index (χ3v) is 4.99. The summed E-state index contributed by atoms with van der Waals surface area (Å²) >= 11 is 0. The van der Waals surface area contributed by atoms with E-state index in [2.05, 4.69) is 56.5 Å². The van der Waals surface area contributed by atoms with Crippen molar-refractivity contribution in [2.24, 2.45) is 0 Å². The summed E-state index contributed by atoms with van der Waals surface area (Å²) in [7, 11) is 0. The summed E-state index contributed by atoms with van der Waals surface area (Å²) < 4.78 is 5.50. The Bertz CT molecular complexity index is 922. The second kappa shape index (κ2) is 8.82. The number of hydrogen-bond acceptors (Lipinski definition) is 6. The third-order valence-electron chi connectivity index (χ3n) is 4.99. The van der Waals surface area contributed by atoms with Crippen LogP contribution in [0.5, 0.6) is 5.75 Å². The second-order valence-corrected chi connectivity index (χ2v) is 7.08. The largest absolute Gasteiger partial charge is 0.494 e. The molecule has 29 heavy (non-hydrogen) atoms. The van der Waals surface area contributed by atoms with E-state index in [0.29, 0.717) is 12.6 Å². The first-order valence-corrected chi connectivity index (χ1v) is 10.1. The van der Waals surface area contributed by atoms with Crippen LogP contribution in [0.2, 0.25) is 0 Å². The second-order valence-electron chi connectivity index (χ2n) is 7.08. The Labute approximate surface area is 172 Å². The van der Waals surface area contributed by atoms with Gasteiger partial charge in [-0.25, -0.2) is 4.98 Å². The van der Waals surface area contributed by atoms with E-state index in [1.165, 1.54) is 5.69 Å². The van der Waals surface area contributed by atoms with Crippen molar-refractivity contribution in [3.05, 3.63) is 66.4 Å². The molecule has 1 aliphatic rings. The normalized spacial score (nSPS) is 14.0. The van der Waals surface area contributed by atoms with Gasteiger partial charge < -0.3 is 19.9 Å². The summed E-state index contributed by atoms with van der Waals surface area (Å²) in [6, 6.07) is 20.5.